The van der Waals surface area contributed by atoms with Gasteiger partial charge in [-0.25, -0.2) is 0 Å². The molecule has 4 heteroatoms. The number of aliphatic imine (C=N–C) groups is 1. The summed E-state index contributed by atoms with van der Waals surface area (Å²) in [7, 11) is 0. The van der Waals surface area contributed by atoms with E-state index in [-0.39, 0.29) is 6.61 Å². The minimum Gasteiger partial charge on any atom is -0.396 e. The summed E-state index contributed by atoms with van der Waals surface area (Å²) in [5.74, 6) is 1.90. The summed E-state index contributed by atoms with van der Waals surface area (Å²) >= 11 is 3.43. The summed E-state index contributed by atoms with van der Waals surface area (Å²) in [5, 5.41) is 8.44. The molecule has 0 aromatic carbocycles. The predicted molar refractivity (Wildman–Crippen MR) is 44.3 cm³/mol. The molecular weight excluding hydrogens is 154 g/mol. The first-order valence-corrected chi connectivity index (χ1v) is 4.81. The van der Waals surface area contributed by atoms with E-state index in [9.17, 15) is 0 Å². The molecule has 0 bridgehead atoms. The molecule has 9 heavy (non-hydrogen) atoms. The quantitative estimate of drug-likeness (QED) is 0.654. The van der Waals surface area contributed by atoms with Crippen molar-refractivity contribution < 1.29 is 5.11 Å². The lowest BCUT2D eigenvalue weighted by Crippen LogP contribution is -1.89. The van der Waals surface area contributed by atoms with Crippen molar-refractivity contribution in [3.05, 3.63) is 0 Å². The predicted octanol–water partition coefficient (Wildman–Crippen LogP) is 0.815. The molecule has 1 rings (SSSR count). The maximum absolute atomic E-state index is 8.44. The van der Waals surface area contributed by atoms with Crippen LogP contribution in [0.3, 0.4) is 0 Å². The van der Waals surface area contributed by atoms with E-state index in [2.05, 4.69) is 4.99 Å². The number of rotatable bonds is 2. The van der Waals surface area contributed by atoms with Crippen molar-refractivity contribution in [2.75, 3.05) is 24.7 Å². The second kappa shape index (κ2) is 4.19. The molecule has 0 saturated heterocycles. The Kier molecular flexibility index (Phi) is 3.47. The summed E-state index contributed by atoms with van der Waals surface area (Å²) in [4.78, 5) is 4.20. The van der Waals surface area contributed by atoms with Gasteiger partial charge < -0.3 is 5.11 Å². The number of hydrogen-bond donors (Lipinski definition) is 1. The Morgan fingerprint density at radius 3 is 3.22 bits per heavy atom. The summed E-state index contributed by atoms with van der Waals surface area (Å²) < 4.78 is 1.14. The zero-order chi connectivity index (χ0) is 6.53. The van der Waals surface area contributed by atoms with Gasteiger partial charge in [0.25, 0.3) is 0 Å². The summed E-state index contributed by atoms with van der Waals surface area (Å²) in [6.07, 6.45) is 0. The number of aliphatic hydroxyl groups excluding tert-OH is 1. The van der Waals surface area contributed by atoms with Crippen LogP contribution in [0, 0.1) is 0 Å². The molecule has 0 aliphatic carbocycles. The molecule has 0 saturated carbocycles. The largest absolute Gasteiger partial charge is 0.396 e. The highest BCUT2D eigenvalue weighted by molar-refractivity contribution is 8.39. The molecule has 0 spiro atoms. The van der Waals surface area contributed by atoms with E-state index in [1.165, 1.54) is 0 Å². The van der Waals surface area contributed by atoms with Crippen LogP contribution in [0.2, 0.25) is 0 Å². The van der Waals surface area contributed by atoms with Gasteiger partial charge in [-0.3, -0.25) is 4.99 Å². The zero-order valence-corrected chi connectivity index (χ0v) is 6.67. The van der Waals surface area contributed by atoms with E-state index in [1.54, 1.807) is 23.5 Å². The molecule has 1 aliphatic heterocycles. The Bertz CT molecular complexity index is 116. The van der Waals surface area contributed by atoms with Crippen molar-refractivity contribution in [2.24, 2.45) is 4.99 Å². The number of hydrogen-bond acceptors (Lipinski definition) is 4. The SMILES string of the molecule is OCCSC1=NCCS1. The van der Waals surface area contributed by atoms with Gasteiger partial charge in [0.05, 0.1) is 13.2 Å². The first kappa shape index (κ1) is 7.44. The molecule has 0 radical (unpaired) electrons. The van der Waals surface area contributed by atoms with Crippen molar-refractivity contribution in [1.29, 1.82) is 0 Å². The Hall–Kier alpha value is 0.330. The number of aliphatic hydroxyl groups is 1. The summed E-state index contributed by atoms with van der Waals surface area (Å²) in [6, 6.07) is 0. The lowest BCUT2D eigenvalue weighted by molar-refractivity contribution is 0.323. The molecule has 0 fully saturated rings. The normalized spacial score (nSPS) is 18.1. The fourth-order valence-corrected chi connectivity index (χ4v) is 2.36. The average molecular weight is 163 g/mol. The smallest absolute Gasteiger partial charge is 0.124 e. The number of nitrogens with zero attached hydrogens (tertiary/aromatic N) is 1. The highest BCUT2D eigenvalue weighted by Crippen LogP contribution is 2.21. The van der Waals surface area contributed by atoms with Gasteiger partial charge in [-0.05, 0) is 0 Å². The van der Waals surface area contributed by atoms with Crippen LogP contribution in [0.1, 0.15) is 0 Å². The lowest BCUT2D eigenvalue weighted by Gasteiger charge is -1.93. The second-order valence-corrected chi connectivity index (χ2v) is 3.99. The Balaban J connectivity index is 2.11. The molecule has 1 aliphatic rings. The number of thioether (sulfide) groups is 2. The first-order valence-electron chi connectivity index (χ1n) is 2.84. The summed E-state index contributed by atoms with van der Waals surface area (Å²) in [6.45, 7) is 1.21. The van der Waals surface area contributed by atoms with Crippen LogP contribution in [0.5, 0.6) is 0 Å². The molecule has 52 valence electrons. The lowest BCUT2D eigenvalue weighted by atomic mass is 10.8. The topological polar surface area (TPSA) is 32.6 Å². The van der Waals surface area contributed by atoms with Gasteiger partial charge >= 0.3 is 0 Å². The van der Waals surface area contributed by atoms with Gasteiger partial charge in [-0.15, -0.1) is 0 Å². The van der Waals surface area contributed by atoms with Crippen molar-refractivity contribution >= 4 is 27.9 Å². The third-order valence-corrected chi connectivity index (χ3v) is 3.11. The van der Waals surface area contributed by atoms with Crippen LogP contribution in [-0.4, -0.2) is 34.1 Å². The van der Waals surface area contributed by atoms with Crippen LogP contribution in [0.4, 0.5) is 0 Å². The second-order valence-electron chi connectivity index (χ2n) is 1.57. The molecule has 0 unspecified atom stereocenters. The van der Waals surface area contributed by atoms with Crippen molar-refractivity contribution in [2.45, 2.75) is 0 Å². The van der Waals surface area contributed by atoms with E-state index < -0.39 is 0 Å². The van der Waals surface area contributed by atoms with E-state index in [4.69, 9.17) is 5.11 Å². The van der Waals surface area contributed by atoms with Crippen molar-refractivity contribution in [3.8, 4) is 0 Å². The van der Waals surface area contributed by atoms with Crippen molar-refractivity contribution in [3.63, 3.8) is 0 Å². The van der Waals surface area contributed by atoms with Gasteiger partial charge in [-0.2, -0.15) is 0 Å². The fraction of sp³-hybridized carbons (Fsp3) is 0.800. The fourth-order valence-electron chi connectivity index (χ4n) is 0.536. The molecule has 0 aromatic rings. The minimum absolute atomic E-state index is 0.254. The molecule has 1 N–H and O–H groups in total. The third kappa shape index (κ3) is 2.60. The van der Waals surface area contributed by atoms with Gasteiger partial charge in [0.15, 0.2) is 0 Å². The highest BCUT2D eigenvalue weighted by Gasteiger charge is 2.05. The molecule has 2 nitrogen and oxygen atoms in total. The molecule has 0 aromatic heterocycles. The third-order valence-electron chi connectivity index (χ3n) is 0.875. The Morgan fingerprint density at radius 2 is 2.67 bits per heavy atom. The molecule has 0 amide bonds. The summed E-state index contributed by atoms with van der Waals surface area (Å²) in [5.41, 5.74) is 0. The Labute approximate surface area is 63.1 Å². The Morgan fingerprint density at radius 1 is 1.78 bits per heavy atom. The van der Waals surface area contributed by atoms with Gasteiger partial charge in [0.2, 0.25) is 0 Å². The maximum atomic E-state index is 8.44. The van der Waals surface area contributed by atoms with Gasteiger partial charge in [0, 0.05) is 11.5 Å². The highest BCUT2D eigenvalue weighted by atomic mass is 32.2. The van der Waals surface area contributed by atoms with Crippen LogP contribution in [-0.2, 0) is 0 Å². The maximum Gasteiger partial charge on any atom is 0.124 e. The molecular formula is C5H9NOS2. The standard InChI is InChI=1S/C5H9NOS2/c7-2-4-9-5-6-1-3-8-5/h7H,1-4H2. The van der Waals surface area contributed by atoms with E-state index in [1.807, 2.05) is 0 Å². The van der Waals surface area contributed by atoms with Gasteiger partial charge in [-0.1, -0.05) is 23.5 Å². The monoisotopic (exact) mass is 163 g/mol. The van der Waals surface area contributed by atoms with Gasteiger partial charge in [0.1, 0.15) is 4.38 Å². The first-order chi connectivity index (χ1) is 4.43. The van der Waals surface area contributed by atoms with E-state index in [0.717, 1.165) is 22.4 Å². The minimum atomic E-state index is 0.254. The van der Waals surface area contributed by atoms with Crippen LogP contribution in [0.15, 0.2) is 4.99 Å². The zero-order valence-electron chi connectivity index (χ0n) is 5.04. The van der Waals surface area contributed by atoms with Crippen LogP contribution < -0.4 is 0 Å². The molecule has 1 heterocycles. The van der Waals surface area contributed by atoms with Crippen molar-refractivity contribution in [1.82, 2.24) is 0 Å². The average Bonchev–Trinajstić information content (AvgIpc) is 2.34. The molecule has 0 atom stereocenters. The van der Waals surface area contributed by atoms with Crippen LogP contribution >= 0.6 is 23.5 Å². The van der Waals surface area contributed by atoms with Crippen LogP contribution in [0.25, 0.3) is 0 Å². The van der Waals surface area contributed by atoms with E-state index in [0.29, 0.717) is 0 Å². The van der Waals surface area contributed by atoms with E-state index >= 15 is 0 Å².